The van der Waals surface area contributed by atoms with E-state index in [-0.39, 0.29) is 22.3 Å². The summed E-state index contributed by atoms with van der Waals surface area (Å²) in [4.78, 5) is 12.4. The second-order valence-corrected chi connectivity index (χ2v) is 7.63. The van der Waals surface area contributed by atoms with Crippen molar-refractivity contribution in [2.75, 3.05) is 7.11 Å². The molecule has 0 heterocycles. The fourth-order valence-electron chi connectivity index (χ4n) is 2.15. The molecule has 1 amide bonds. The third-order valence-corrected chi connectivity index (χ3v) is 4.90. The first-order chi connectivity index (χ1) is 11.2. The van der Waals surface area contributed by atoms with Crippen molar-refractivity contribution in [1.82, 2.24) is 5.32 Å². The minimum absolute atomic E-state index is 0.105. The largest absolute Gasteiger partial charge is 0.496 e. The summed E-state index contributed by atoms with van der Waals surface area (Å²) in [5.74, 6) is -0.185. The molecule has 24 heavy (non-hydrogen) atoms. The van der Waals surface area contributed by atoms with E-state index in [2.05, 4.69) is 21.2 Å². The average molecular weight is 413 g/mol. The summed E-state index contributed by atoms with van der Waals surface area (Å²) in [5, 5.41) is 7.93. The van der Waals surface area contributed by atoms with Gasteiger partial charge in [-0.15, -0.1) is 0 Å². The molecule has 1 atom stereocenters. The van der Waals surface area contributed by atoms with Gasteiger partial charge in [-0.25, -0.2) is 13.6 Å². The lowest BCUT2D eigenvalue weighted by Crippen LogP contribution is -2.27. The van der Waals surface area contributed by atoms with Crippen molar-refractivity contribution in [3.63, 3.8) is 0 Å². The first kappa shape index (κ1) is 18.4. The van der Waals surface area contributed by atoms with Gasteiger partial charge in [-0.05, 0) is 42.8 Å². The van der Waals surface area contributed by atoms with Crippen LogP contribution in [0.15, 0.2) is 51.8 Å². The molecule has 0 aromatic heterocycles. The van der Waals surface area contributed by atoms with Gasteiger partial charge in [0.1, 0.15) is 5.75 Å². The molecule has 0 bridgehead atoms. The fraction of sp³-hybridized carbons (Fsp3) is 0.188. The minimum atomic E-state index is -3.91. The number of sulfonamides is 1. The molecule has 0 fully saturated rings. The Kier molecular flexibility index (Phi) is 5.63. The second-order valence-electron chi connectivity index (χ2n) is 5.15. The van der Waals surface area contributed by atoms with E-state index in [0.717, 1.165) is 10.0 Å². The third kappa shape index (κ3) is 4.34. The summed E-state index contributed by atoms with van der Waals surface area (Å²) < 4.78 is 29.0. The lowest BCUT2D eigenvalue weighted by Gasteiger charge is -2.16. The number of primary sulfonamides is 1. The minimum Gasteiger partial charge on any atom is -0.496 e. The molecule has 0 spiro atoms. The lowest BCUT2D eigenvalue weighted by molar-refractivity contribution is 0.0936. The van der Waals surface area contributed by atoms with Gasteiger partial charge in [-0.1, -0.05) is 28.1 Å². The number of nitrogens with two attached hydrogens (primary N) is 1. The van der Waals surface area contributed by atoms with Crippen LogP contribution in [0.3, 0.4) is 0 Å². The number of benzene rings is 2. The highest BCUT2D eigenvalue weighted by atomic mass is 79.9. The summed E-state index contributed by atoms with van der Waals surface area (Å²) in [5.41, 5.74) is 1.01. The van der Waals surface area contributed by atoms with E-state index in [9.17, 15) is 13.2 Å². The number of amides is 1. The van der Waals surface area contributed by atoms with E-state index in [1.807, 2.05) is 31.2 Å². The van der Waals surface area contributed by atoms with Crippen LogP contribution in [0, 0.1) is 0 Å². The van der Waals surface area contributed by atoms with Crippen molar-refractivity contribution in [3.05, 3.63) is 58.1 Å². The predicted molar refractivity (Wildman–Crippen MR) is 94.4 cm³/mol. The molecule has 0 saturated carbocycles. The molecule has 0 saturated heterocycles. The average Bonchev–Trinajstić information content (AvgIpc) is 2.53. The van der Waals surface area contributed by atoms with Crippen molar-refractivity contribution in [1.29, 1.82) is 0 Å². The highest BCUT2D eigenvalue weighted by Crippen LogP contribution is 2.23. The van der Waals surface area contributed by atoms with Crippen molar-refractivity contribution in [2.24, 2.45) is 5.14 Å². The van der Waals surface area contributed by atoms with Gasteiger partial charge in [0.15, 0.2) is 0 Å². The number of rotatable bonds is 5. The molecule has 1 unspecified atom stereocenters. The molecule has 3 N–H and O–H groups in total. The molecule has 0 aliphatic rings. The smallest absolute Gasteiger partial charge is 0.255 e. The number of nitrogens with one attached hydrogen (secondary N) is 1. The van der Waals surface area contributed by atoms with Gasteiger partial charge < -0.3 is 10.1 Å². The zero-order valence-electron chi connectivity index (χ0n) is 13.1. The molecule has 6 nitrogen and oxygen atoms in total. The second kappa shape index (κ2) is 7.33. The van der Waals surface area contributed by atoms with Crippen LogP contribution in [0.2, 0.25) is 0 Å². The van der Waals surface area contributed by atoms with Gasteiger partial charge in [-0.2, -0.15) is 0 Å². The van der Waals surface area contributed by atoms with Gasteiger partial charge in [-0.3, -0.25) is 4.79 Å². The SMILES string of the molecule is COc1ccc(S(N)(=O)=O)cc1C(=O)NC(C)c1ccc(Br)cc1. The Bertz CT molecular complexity index is 851. The van der Waals surface area contributed by atoms with E-state index >= 15 is 0 Å². The van der Waals surface area contributed by atoms with Crippen molar-refractivity contribution < 1.29 is 17.9 Å². The van der Waals surface area contributed by atoms with Crippen LogP contribution in [0.1, 0.15) is 28.9 Å². The van der Waals surface area contributed by atoms with E-state index in [1.165, 1.54) is 25.3 Å². The van der Waals surface area contributed by atoms with Crippen molar-refractivity contribution in [2.45, 2.75) is 17.9 Å². The number of ether oxygens (including phenoxy) is 1. The Labute approximate surface area is 149 Å². The molecule has 8 heteroatoms. The Morgan fingerprint density at radius 1 is 1.21 bits per heavy atom. The summed E-state index contributed by atoms with van der Waals surface area (Å²) in [6.07, 6.45) is 0. The topological polar surface area (TPSA) is 98.5 Å². The van der Waals surface area contributed by atoms with Crippen LogP contribution >= 0.6 is 15.9 Å². The predicted octanol–water partition coefficient (Wildman–Crippen LogP) is 2.60. The Morgan fingerprint density at radius 2 is 1.83 bits per heavy atom. The van der Waals surface area contributed by atoms with E-state index in [1.54, 1.807) is 0 Å². The normalized spacial score (nSPS) is 12.5. The maximum atomic E-state index is 12.5. The Morgan fingerprint density at radius 3 is 2.38 bits per heavy atom. The van der Waals surface area contributed by atoms with Crippen molar-refractivity contribution in [3.8, 4) is 5.75 Å². The number of carbonyl (C=O) groups excluding carboxylic acids is 1. The molecule has 2 rings (SSSR count). The molecule has 0 radical (unpaired) electrons. The summed E-state index contributed by atoms with van der Waals surface area (Å²) in [7, 11) is -2.51. The van der Waals surface area contributed by atoms with Gasteiger partial charge in [0, 0.05) is 4.47 Å². The van der Waals surface area contributed by atoms with Crippen LogP contribution < -0.4 is 15.2 Å². The first-order valence-corrected chi connectivity index (χ1v) is 9.33. The quantitative estimate of drug-likeness (QED) is 0.787. The van der Waals surface area contributed by atoms with Gasteiger partial charge in [0.2, 0.25) is 10.0 Å². The Hall–Kier alpha value is -1.90. The molecule has 128 valence electrons. The van der Waals surface area contributed by atoms with Crippen LogP contribution in [-0.4, -0.2) is 21.4 Å². The number of hydrogen-bond acceptors (Lipinski definition) is 4. The highest BCUT2D eigenvalue weighted by molar-refractivity contribution is 9.10. The number of methoxy groups -OCH3 is 1. The summed E-state index contributed by atoms with van der Waals surface area (Å²) in [6.45, 7) is 1.83. The molecule has 2 aromatic carbocycles. The number of hydrogen-bond donors (Lipinski definition) is 2. The molecule has 2 aromatic rings. The zero-order valence-corrected chi connectivity index (χ0v) is 15.5. The first-order valence-electron chi connectivity index (χ1n) is 6.99. The van der Waals surface area contributed by atoms with Crippen LogP contribution in [-0.2, 0) is 10.0 Å². The lowest BCUT2D eigenvalue weighted by atomic mass is 10.1. The monoisotopic (exact) mass is 412 g/mol. The molecule has 0 aliphatic carbocycles. The zero-order chi connectivity index (χ0) is 17.9. The van der Waals surface area contributed by atoms with Gasteiger partial charge in [0.05, 0.1) is 23.6 Å². The number of halogens is 1. The van der Waals surface area contributed by atoms with Crippen LogP contribution in [0.5, 0.6) is 5.75 Å². The van der Waals surface area contributed by atoms with Crippen LogP contribution in [0.4, 0.5) is 0 Å². The number of carbonyl (C=O) groups is 1. The maximum Gasteiger partial charge on any atom is 0.255 e. The molecular formula is C16H17BrN2O4S. The van der Waals surface area contributed by atoms with E-state index in [0.29, 0.717) is 0 Å². The molecular weight excluding hydrogens is 396 g/mol. The maximum absolute atomic E-state index is 12.5. The molecule has 0 aliphatic heterocycles. The van der Waals surface area contributed by atoms with Gasteiger partial charge in [0.25, 0.3) is 5.91 Å². The summed E-state index contributed by atoms with van der Waals surface area (Å²) >= 11 is 3.35. The van der Waals surface area contributed by atoms with Crippen molar-refractivity contribution >= 4 is 31.9 Å². The summed E-state index contributed by atoms with van der Waals surface area (Å²) in [6, 6.07) is 11.1. The van der Waals surface area contributed by atoms with E-state index < -0.39 is 15.9 Å². The van der Waals surface area contributed by atoms with E-state index in [4.69, 9.17) is 9.88 Å². The standard InChI is InChI=1S/C16H17BrN2O4S/c1-10(11-3-5-12(17)6-4-11)19-16(20)14-9-13(24(18,21)22)7-8-15(14)23-2/h3-10H,1-2H3,(H,19,20)(H2,18,21,22). The third-order valence-electron chi connectivity index (χ3n) is 3.46. The van der Waals surface area contributed by atoms with Crippen LogP contribution in [0.25, 0.3) is 0 Å². The highest BCUT2D eigenvalue weighted by Gasteiger charge is 2.19. The van der Waals surface area contributed by atoms with Gasteiger partial charge >= 0.3 is 0 Å². The Balaban J connectivity index is 2.29. The fourth-order valence-corrected chi connectivity index (χ4v) is 2.95.